The van der Waals surface area contributed by atoms with E-state index < -0.39 is 32.0 Å². The number of amides is 2. The van der Waals surface area contributed by atoms with Crippen molar-refractivity contribution in [3.63, 3.8) is 0 Å². The van der Waals surface area contributed by atoms with Crippen molar-refractivity contribution in [2.45, 2.75) is 105 Å². The maximum atomic E-state index is 13.4. The zero-order valence-corrected chi connectivity index (χ0v) is 46.0. The van der Waals surface area contributed by atoms with Gasteiger partial charge in [0.2, 0.25) is 26.0 Å². The van der Waals surface area contributed by atoms with E-state index in [1.165, 1.54) is 18.9 Å². The summed E-state index contributed by atoms with van der Waals surface area (Å²) >= 11 is 0. The van der Waals surface area contributed by atoms with Crippen LogP contribution in [0.2, 0.25) is 0 Å². The average molecular weight is 1090 g/mol. The van der Waals surface area contributed by atoms with E-state index in [1.807, 2.05) is 26.0 Å². The molecule has 2 fully saturated rings. The van der Waals surface area contributed by atoms with E-state index in [0.29, 0.717) is 79.2 Å². The third-order valence-corrected chi connectivity index (χ3v) is 18.1. The first-order valence-corrected chi connectivity index (χ1v) is 29.7. The summed E-state index contributed by atoms with van der Waals surface area (Å²) in [6.45, 7) is 11.9. The molecular weight excluding hydrogens is 1020 g/mol. The van der Waals surface area contributed by atoms with Crippen molar-refractivity contribution >= 4 is 65.6 Å². The molecule has 8 rings (SSSR count). The number of carboxylic acids is 2. The number of carbonyl (C=O) groups excluding carboxylic acids is 2. The van der Waals surface area contributed by atoms with Crippen molar-refractivity contribution < 1.29 is 55.7 Å². The second-order valence-corrected chi connectivity index (χ2v) is 23.5. The number of rotatable bonds is 17. The Labute approximate surface area is 447 Å². The smallest absolute Gasteiger partial charge is 0.335 e. The number of ether oxygens (including phenoxy) is 2. The number of benzene rings is 2. The van der Waals surface area contributed by atoms with Crippen molar-refractivity contribution in [1.29, 1.82) is 10.5 Å². The summed E-state index contributed by atoms with van der Waals surface area (Å²) in [5, 5.41) is 40.6. The minimum atomic E-state index is -3.52. The van der Waals surface area contributed by atoms with Gasteiger partial charge in [-0.3, -0.25) is 14.4 Å². The number of aliphatic carboxylic acids is 1. The molecule has 4 heterocycles. The van der Waals surface area contributed by atoms with Gasteiger partial charge in [-0.15, -0.1) is 0 Å². The van der Waals surface area contributed by atoms with Gasteiger partial charge < -0.3 is 41.0 Å². The minimum absolute atomic E-state index is 0.00216. The molecule has 4 aromatic rings. The summed E-state index contributed by atoms with van der Waals surface area (Å²) in [5.74, 6) is -0.263. The molecule has 6 N–H and O–H groups in total. The first-order valence-electron chi connectivity index (χ1n) is 26.5. The summed E-state index contributed by atoms with van der Waals surface area (Å²) < 4.78 is 65.9. The number of fused-ring (bicyclic) bond motifs is 6. The zero-order chi connectivity index (χ0) is 55.6. The number of hydrogen-bond acceptors (Lipinski definition) is 14. The number of aromatic carboxylic acids is 1. The number of nitriles is 2. The Bertz CT molecular complexity index is 2960. The Kier molecular flexibility index (Phi) is 23.3. The van der Waals surface area contributed by atoms with Gasteiger partial charge in [0.25, 0.3) is 5.91 Å². The van der Waals surface area contributed by atoms with Crippen molar-refractivity contribution in [1.82, 2.24) is 23.5 Å². The molecule has 2 amide bonds. The van der Waals surface area contributed by atoms with Crippen molar-refractivity contribution in [2.75, 3.05) is 77.2 Å². The topological polar surface area (TPSA) is 306 Å². The summed E-state index contributed by atoms with van der Waals surface area (Å²) in [7, 11) is -6.97. The average Bonchev–Trinajstić information content (AvgIpc) is 3.95. The summed E-state index contributed by atoms with van der Waals surface area (Å²) in [6.07, 6.45) is 9.76. The number of carbonyl (C=O) groups is 4. The quantitative estimate of drug-likeness (QED) is 0.0819. The second kappa shape index (κ2) is 29.0. The molecule has 22 heteroatoms. The summed E-state index contributed by atoms with van der Waals surface area (Å²) in [5.41, 5.74) is 10.5. The highest BCUT2D eigenvalue weighted by Crippen LogP contribution is 2.42. The number of nitrogens with two attached hydrogens (primary N) is 1. The fourth-order valence-corrected chi connectivity index (χ4v) is 13.2. The third-order valence-electron chi connectivity index (χ3n) is 14.7. The van der Waals surface area contributed by atoms with Crippen LogP contribution in [0, 0.1) is 46.3 Å². The van der Waals surface area contributed by atoms with E-state index in [0.717, 1.165) is 111 Å². The van der Waals surface area contributed by atoms with E-state index >= 15 is 0 Å². The molecule has 2 unspecified atom stereocenters. The molecule has 2 aromatic heterocycles. The maximum absolute atomic E-state index is 13.4. The van der Waals surface area contributed by atoms with Crippen LogP contribution in [0.15, 0.2) is 36.4 Å². The van der Waals surface area contributed by atoms with Crippen molar-refractivity contribution in [3.05, 3.63) is 70.0 Å². The van der Waals surface area contributed by atoms with Gasteiger partial charge in [-0.2, -0.15) is 10.5 Å². The molecule has 0 saturated carbocycles. The molecule has 4 aliphatic rings. The van der Waals surface area contributed by atoms with Gasteiger partial charge in [0.1, 0.15) is 0 Å². The molecule has 2 atom stereocenters. The number of nitrogens with one attached hydrogen (secondary N) is 2. The molecule has 416 valence electrons. The van der Waals surface area contributed by atoms with Crippen LogP contribution in [0.5, 0.6) is 0 Å². The first-order chi connectivity index (χ1) is 36.4. The van der Waals surface area contributed by atoms with E-state index in [9.17, 15) is 41.1 Å². The van der Waals surface area contributed by atoms with Gasteiger partial charge >= 0.3 is 11.9 Å². The van der Waals surface area contributed by atoms with Crippen LogP contribution in [-0.2, 0) is 64.8 Å². The van der Waals surface area contributed by atoms with Crippen LogP contribution in [0.25, 0.3) is 21.8 Å². The van der Waals surface area contributed by atoms with Crippen LogP contribution in [0.4, 0.5) is 0 Å². The van der Waals surface area contributed by atoms with Gasteiger partial charge in [0.15, 0.2) is 0 Å². The molecule has 20 nitrogen and oxygen atoms in total. The highest BCUT2D eigenvalue weighted by molar-refractivity contribution is 7.90. The lowest BCUT2D eigenvalue weighted by Gasteiger charge is -2.33. The van der Waals surface area contributed by atoms with Crippen molar-refractivity contribution in [3.8, 4) is 12.1 Å². The fourth-order valence-electron chi connectivity index (χ4n) is 10.7. The van der Waals surface area contributed by atoms with Gasteiger partial charge in [0.05, 0.1) is 59.8 Å². The van der Waals surface area contributed by atoms with Gasteiger partial charge in [0, 0.05) is 80.2 Å². The van der Waals surface area contributed by atoms with Crippen LogP contribution >= 0.6 is 0 Å². The van der Waals surface area contributed by atoms with Gasteiger partial charge in [-0.1, -0.05) is 6.92 Å². The number of likely N-dealkylation sites (N-methyl/N-ethyl adjacent to an activating group) is 2. The molecule has 2 aromatic carbocycles. The zero-order valence-electron chi connectivity index (χ0n) is 44.4. The van der Waals surface area contributed by atoms with Crippen LogP contribution < -0.4 is 16.4 Å². The lowest BCUT2D eigenvalue weighted by Crippen LogP contribution is -2.40. The third kappa shape index (κ3) is 15.4. The Balaban J connectivity index is 0.000000237. The minimum Gasteiger partial charge on any atom is -0.480 e. The molecule has 2 aliphatic carbocycles. The Morgan fingerprint density at radius 3 is 1.57 bits per heavy atom. The lowest BCUT2D eigenvalue weighted by molar-refractivity contribution is -0.136. The molecule has 0 bridgehead atoms. The van der Waals surface area contributed by atoms with E-state index in [1.54, 1.807) is 44.2 Å². The monoisotopic (exact) mass is 1090 g/mol. The Morgan fingerprint density at radius 1 is 0.711 bits per heavy atom. The van der Waals surface area contributed by atoms with E-state index in [2.05, 4.69) is 10.6 Å². The van der Waals surface area contributed by atoms with Crippen molar-refractivity contribution in [2.24, 2.45) is 29.4 Å². The van der Waals surface area contributed by atoms with Crippen LogP contribution in [0.3, 0.4) is 0 Å². The fraction of sp³-hybridized carbons (Fsp3) is 0.593. The highest BCUT2D eigenvalue weighted by Gasteiger charge is 2.36. The maximum Gasteiger partial charge on any atom is 0.335 e. The van der Waals surface area contributed by atoms with Gasteiger partial charge in [-0.25, -0.2) is 29.6 Å². The SMILES string of the molecule is CCN(CC(=O)NCCC#N)C(=O)c1ccc2c(c1)c1c(n2S(=O)(=O)CC)CCC(C2CCOCC2)C1.CCNCC(=O)O.CCS(=O)(=O)n1c2c(c3cc(C(=O)O)ccc31)CC(C1CCOCC1)CC2.N#CCCN. The van der Waals surface area contributed by atoms with Crippen LogP contribution in [0.1, 0.15) is 122 Å². The first kappa shape index (κ1) is 61.0. The number of carboxylic acid groups (broad SMARTS) is 2. The molecule has 0 spiro atoms. The number of hydrogen-bond donors (Lipinski definition) is 5. The lowest BCUT2D eigenvalue weighted by atomic mass is 9.75. The standard InChI is InChI=1S/C27H36N4O5S.C20H25NO5S.C4H9NO2.C3H6N2/c1-3-30(18-26(32)29-13-5-12-28)27(33)21-7-9-25-23(17-21)22-16-20(19-10-14-36-15-11-19)6-8-24(22)31(25)37(34,35)4-2;1-2-27(24,25)21-18-5-3-14(13-7-9-26-10-8-13)11-16(18)17-12-15(20(22)23)4-6-19(17)21;1-2-5-3-4(6)7;4-2-1-3-5/h7,9,17,19-20H,3-6,8,10-11,13-16,18H2,1-2H3,(H,29,32);4,6,12-14H,2-3,5,7-11H2,1H3,(H,22,23);5H,2-3H2,1H3,(H,6,7);1-2,4H2. The predicted molar refractivity (Wildman–Crippen MR) is 289 cm³/mol. The van der Waals surface area contributed by atoms with E-state index in [-0.39, 0.29) is 54.9 Å². The molecule has 2 saturated heterocycles. The summed E-state index contributed by atoms with van der Waals surface area (Å²) in [6, 6.07) is 13.8. The summed E-state index contributed by atoms with van der Waals surface area (Å²) in [4.78, 5) is 48.2. The number of aromatic nitrogens is 2. The second-order valence-electron chi connectivity index (χ2n) is 19.3. The van der Waals surface area contributed by atoms with Gasteiger partial charge in [-0.05, 0) is 163 Å². The Hall–Kier alpha value is -5.88. The molecule has 2 aliphatic heterocycles. The normalized spacial score (nSPS) is 17.7. The predicted octanol–water partition coefficient (Wildman–Crippen LogP) is 5.47. The van der Waals surface area contributed by atoms with Crippen LogP contribution in [-0.4, -0.2) is 141 Å². The largest absolute Gasteiger partial charge is 0.480 e. The molecular formula is C54H76N8O12S2. The highest BCUT2D eigenvalue weighted by atomic mass is 32.2. The van der Waals surface area contributed by atoms with E-state index in [4.69, 9.17) is 30.8 Å². The number of nitrogens with zero attached hydrogens (tertiary/aromatic N) is 5. The Morgan fingerprint density at radius 2 is 1.18 bits per heavy atom. The molecule has 0 radical (unpaired) electrons. The molecule has 76 heavy (non-hydrogen) atoms.